The van der Waals surface area contributed by atoms with Crippen molar-refractivity contribution in [3.63, 3.8) is 0 Å². The molecule has 0 heterocycles. The number of amides is 1. The summed E-state index contributed by atoms with van der Waals surface area (Å²) in [5.74, 6) is 0.344. The molecule has 3 N–H and O–H groups in total. The van der Waals surface area contributed by atoms with Gasteiger partial charge in [-0.15, -0.1) is 0 Å². The predicted octanol–water partition coefficient (Wildman–Crippen LogP) is 2.60. The first-order valence-electron chi connectivity index (χ1n) is 7.29. The van der Waals surface area contributed by atoms with Crippen LogP contribution in [-0.4, -0.2) is 12.5 Å². The van der Waals surface area contributed by atoms with Crippen molar-refractivity contribution >= 4 is 5.91 Å². The molecule has 0 radical (unpaired) electrons. The van der Waals surface area contributed by atoms with Crippen LogP contribution in [0.5, 0.6) is 0 Å². The van der Waals surface area contributed by atoms with Gasteiger partial charge in [0.25, 0.3) is 0 Å². The van der Waals surface area contributed by atoms with Gasteiger partial charge in [0.2, 0.25) is 5.91 Å². The number of hydrogen-bond acceptors (Lipinski definition) is 2. The molecule has 1 aliphatic carbocycles. The summed E-state index contributed by atoms with van der Waals surface area (Å²) in [6, 6.07) is 6.51. The molecule has 1 aromatic rings. The van der Waals surface area contributed by atoms with Crippen LogP contribution in [0.3, 0.4) is 0 Å². The van der Waals surface area contributed by atoms with Gasteiger partial charge in [0.05, 0.1) is 5.41 Å². The van der Waals surface area contributed by atoms with Crippen LogP contribution in [0.4, 0.5) is 4.39 Å². The Bertz CT molecular complexity index is 467. The standard InChI is InChI=1S/C16H23FN2O/c1-12-6-8-16(11-18,9-7-12)15(20)19-10-13-4-2-3-5-14(13)17/h2-5,12H,6-11,18H2,1H3,(H,19,20). The highest BCUT2D eigenvalue weighted by molar-refractivity contribution is 5.83. The van der Waals surface area contributed by atoms with Gasteiger partial charge < -0.3 is 11.1 Å². The van der Waals surface area contributed by atoms with Gasteiger partial charge >= 0.3 is 0 Å². The van der Waals surface area contributed by atoms with Crippen molar-refractivity contribution in [1.29, 1.82) is 0 Å². The highest BCUT2D eigenvalue weighted by Gasteiger charge is 2.39. The maximum Gasteiger partial charge on any atom is 0.227 e. The highest BCUT2D eigenvalue weighted by Crippen LogP contribution is 2.38. The van der Waals surface area contributed by atoms with E-state index in [1.54, 1.807) is 18.2 Å². The van der Waals surface area contributed by atoms with E-state index in [0.717, 1.165) is 25.7 Å². The second-order valence-corrected chi connectivity index (χ2v) is 5.94. The SMILES string of the molecule is CC1CCC(CN)(C(=O)NCc2ccccc2F)CC1. The number of carbonyl (C=O) groups excluding carboxylic acids is 1. The third-order valence-electron chi connectivity index (χ3n) is 4.50. The van der Waals surface area contributed by atoms with Crippen molar-refractivity contribution in [1.82, 2.24) is 5.32 Å². The van der Waals surface area contributed by atoms with Crippen molar-refractivity contribution in [2.75, 3.05) is 6.54 Å². The molecule has 0 aliphatic heterocycles. The van der Waals surface area contributed by atoms with Crippen LogP contribution < -0.4 is 11.1 Å². The average Bonchev–Trinajstić information content (AvgIpc) is 2.47. The van der Waals surface area contributed by atoms with E-state index in [1.165, 1.54) is 6.07 Å². The number of nitrogens with one attached hydrogen (secondary N) is 1. The van der Waals surface area contributed by atoms with E-state index in [4.69, 9.17) is 5.73 Å². The molecule has 0 aromatic heterocycles. The monoisotopic (exact) mass is 278 g/mol. The van der Waals surface area contributed by atoms with Crippen LogP contribution in [0.25, 0.3) is 0 Å². The maximum atomic E-state index is 13.5. The Balaban J connectivity index is 1.98. The minimum atomic E-state index is -0.461. The lowest BCUT2D eigenvalue weighted by Crippen LogP contribution is -2.47. The molecule has 110 valence electrons. The molecule has 0 bridgehead atoms. The lowest BCUT2D eigenvalue weighted by atomic mass is 9.70. The van der Waals surface area contributed by atoms with Crippen LogP contribution in [0.1, 0.15) is 38.2 Å². The fourth-order valence-electron chi connectivity index (χ4n) is 2.84. The summed E-state index contributed by atoms with van der Waals surface area (Å²) < 4.78 is 13.5. The minimum Gasteiger partial charge on any atom is -0.351 e. The van der Waals surface area contributed by atoms with Crippen molar-refractivity contribution in [2.24, 2.45) is 17.1 Å². The summed E-state index contributed by atoms with van der Waals surface area (Å²) in [4.78, 5) is 12.4. The van der Waals surface area contributed by atoms with Crippen LogP contribution in [-0.2, 0) is 11.3 Å². The highest BCUT2D eigenvalue weighted by atomic mass is 19.1. The lowest BCUT2D eigenvalue weighted by molar-refractivity contribution is -0.133. The summed E-state index contributed by atoms with van der Waals surface area (Å²) >= 11 is 0. The van der Waals surface area contributed by atoms with E-state index in [9.17, 15) is 9.18 Å². The fourth-order valence-corrected chi connectivity index (χ4v) is 2.84. The number of nitrogens with two attached hydrogens (primary N) is 1. The Kier molecular flexibility index (Phi) is 4.76. The molecule has 20 heavy (non-hydrogen) atoms. The van der Waals surface area contributed by atoms with Crippen molar-refractivity contribution in [2.45, 2.75) is 39.2 Å². The van der Waals surface area contributed by atoms with Gasteiger partial charge in [-0.3, -0.25) is 4.79 Å². The molecule has 1 aromatic carbocycles. The van der Waals surface area contributed by atoms with Gasteiger partial charge in [0, 0.05) is 18.7 Å². The first-order chi connectivity index (χ1) is 9.57. The topological polar surface area (TPSA) is 55.1 Å². The normalized spacial score (nSPS) is 26.2. The number of rotatable bonds is 4. The largest absolute Gasteiger partial charge is 0.351 e. The maximum absolute atomic E-state index is 13.5. The third-order valence-corrected chi connectivity index (χ3v) is 4.50. The van der Waals surface area contributed by atoms with E-state index >= 15 is 0 Å². The number of benzene rings is 1. The van der Waals surface area contributed by atoms with Crippen LogP contribution in [0.15, 0.2) is 24.3 Å². The molecule has 4 heteroatoms. The Hall–Kier alpha value is -1.42. The second kappa shape index (κ2) is 6.35. The molecule has 2 rings (SSSR count). The number of halogens is 1. The quantitative estimate of drug-likeness (QED) is 0.889. The Labute approximate surface area is 119 Å². The first-order valence-corrected chi connectivity index (χ1v) is 7.29. The number of carbonyl (C=O) groups is 1. The zero-order chi connectivity index (χ0) is 14.6. The number of hydrogen-bond donors (Lipinski definition) is 2. The van der Waals surface area contributed by atoms with Gasteiger partial charge in [-0.2, -0.15) is 0 Å². The summed E-state index contributed by atoms with van der Waals surface area (Å²) in [6.45, 7) is 2.79. The molecule has 1 amide bonds. The molecule has 0 saturated heterocycles. The van der Waals surface area contributed by atoms with Gasteiger partial charge in [-0.25, -0.2) is 4.39 Å². The molecule has 1 fully saturated rings. The molecule has 0 atom stereocenters. The van der Waals surface area contributed by atoms with Gasteiger partial charge in [0.1, 0.15) is 5.82 Å². The van der Waals surface area contributed by atoms with E-state index in [1.807, 2.05) is 0 Å². The summed E-state index contributed by atoms with van der Waals surface area (Å²) in [5, 5.41) is 2.86. The predicted molar refractivity (Wildman–Crippen MR) is 77.4 cm³/mol. The van der Waals surface area contributed by atoms with Crippen LogP contribution >= 0.6 is 0 Å². The summed E-state index contributed by atoms with van der Waals surface area (Å²) in [7, 11) is 0. The molecule has 1 saturated carbocycles. The Morgan fingerprint density at radius 1 is 1.40 bits per heavy atom. The first kappa shape index (κ1) is 15.0. The average molecular weight is 278 g/mol. The fraction of sp³-hybridized carbons (Fsp3) is 0.562. The van der Waals surface area contributed by atoms with Crippen molar-refractivity contribution < 1.29 is 9.18 Å². The Morgan fingerprint density at radius 2 is 2.05 bits per heavy atom. The van der Waals surface area contributed by atoms with Crippen LogP contribution in [0.2, 0.25) is 0 Å². The second-order valence-electron chi connectivity index (χ2n) is 5.94. The summed E-state index contributed by atoms with van der Waals surface area (Å²) in [6.07, 6.45) is 3.72. The lowest BCUT2D eigenvalue weighted by Gasteiger charge is -2.37. The molecular weight excluding hydrogens is 255 g/mol. The van der Waals surface area contributed by atoms with Gasteiger partial charge in [-0.1, -0.05) is 25.1 Å². The molecule has 0 unspecified atom stereocenters. The Morgan fingerprint density at radius 3 is 2.65 bits per heavy atom. The van der Waals surface area contributed by atoms with Crippen molar-refractivity contribution in [3.05, 3.63) is 35.6 Å². The van der Waals surface area contributed by atoms with E-state index < -0.39 is 5.41 Å². The van der Waals surface area contributed by atoms with Gasteiger partial charge in [0.15, 0.2) is 0 Å². The van der Waals surface area contributed by atoms with E-state index in [2.05, 4.69) is 12.2 Å². The minimum absolute atomic E-state index is 0.0323. The molecular formula is C16H23FN2O. The third kappa shape index (κ3) is 3.18. The zero-order valence-corrected chi connectivity index (χ0v) is 12.0. The zero-order valence-electron chi connectivity index (χ0n) is 12.0. The molecule has 3 nitrogen and oxygen atoms in total. The van der Waals surface area contributed by atoms with Crippen LogP contribution in [0, 0.1) is 17.2 Å². The van der Waals surface area contributed by atoms with E-state index in [-0.39, 0.29) is 18.3 Å². The van der Waals surface area contributed by atoms with Crippen molar-refractivity contribution in [3.8, 4) is 0 Å². The smallest absolute Gasteiger partial charge is 0.227 e. The molecule has 1 aliphatic rings. The summed E-state index contributed by atoms with van der Waals surface area (Å²) in [5.41, 5.74) is 5.90. The van der Waals surface area contributed by atoms with E-state index in [0.29, 0.717) is 18.0 Å². The molecule has 0 spiro atoms. The van der Waals surface area contributed by atoms with Gasteiger partial charge in [-0.05, 0) is 37.7 Å².